The smallest absolute Gasteiger partial charge is 0.191 e. The standard InChI is InChI=1S/C12H12ClNO/c1-14(2)7-9-5-8-6-10(13)3-4-11(8)12(9)15/h3-4,6-7H,5H2,1-2H3/b9-7+. The number of hydrogen-bond acceptors (Lipinski definition) is 2. The van der Waals surface area contributed by atoms with Crippen molar-refractivity contribution in [2.75, 3.05) is 14.1 Å². The van der Waals surface area contributed by atoms with Gasteiger partial charge in [0.05, 0.1) is 0 Å². The number of allylic oxidation sites excluding steroid dienone is 1. The van der Waals surface area contributed by atoms with E-state index in [1.807, 2.05) is 31.3 Å². The summed E-state index contributed by atoms with van der Waals surface area (Å²) >= 11 is 5.88. The SMILES string of the molecule is CN(C)/C=C1\Cc2cc(Cl)ccc2C1=O. The van der Waals surface area contributed by atoms with E-state index in [1.54, 1.807) is 12.1 Å². The van der Waals surface area contributed by atoms with Crippen molar-refractivity contribution in [2.45, 2.75) is 6.42 Å². The third-order valence-electron chi connectivity index (χ3n) is 2.40. The highest BCUT2D eigenvalue weighted by Crippen LogP contribution is 2.28. The second-order valence-electron chi connectivity index (χ2n) is 3.93. The molecule has 0 amide bonds. The first kappa shape index (κ1) is 10.2. The van der Waals surface area contributed by atoms with E-state index in [9.17, 15) is 4.79 Å². The quantitative estimate of drug-likeness (QED) is 0.680. The maximum atomic E-state index is 11.9. The molecule has 0 atom stereocenters. The minimum Gasteiger partial charge on any atom is -0.383 e. The molecule has 0 saturated carbocycles. The molecule has 15 heavy (non-hydrogen) atoms. The molecule has 0 N–H and O–H groups in total. The molecule has 0 bridgehead atoms. The summed E-state index contributed by atoms with van der Waals surface area (Å²) in [6.45, 7) is 0. The molecule has 0 fully saturated rings. The van der Waals surface area contributed by atoms with Crippen LogP contribution in [0, 0.1) is 0 Å². The third-order valence-corrected chi connectivity index (χ3v) is 2.63. The number of Topliss-reactive ketones (excluding diaryl/α,β-unsaturated/α-hetero) is 1. The summed E-state index contributed by atoms with van der Waals surface area (Å²) in [5, 5.41) is 0.688. The van der Waals surface area contributed by atoms with Crippen molar-refractivity contribution in [1.82, 2.24) is 4.90 Å². The first-order valence-corrected chi connectivity index (χ1v) is 5.16. The Labute approximate surface area is 94.2 Å². The number of nitrogens with zero attached hydrogens (tertiary/aromatic N) is 1. The highest BCUT2D eigenvalue weighted by atomic mass is 35.5. The fourth-order valence-electron chi connectivity index (χ4n) is 1.80. The Morgan fingerprint density at radius 2 is 2.13 bits per heavy atom. The van der Waals surface area contributed by atoms with Crippen molar-refractivity contribution < 1.29 is 4.79 Å². The molecule has 3 heteroatoms. The molecular weight excluding hydrogens is 210 g/mol. The van der Waals surface area contributed by atoms with Gasteiger partial charge in [0, 0.05) is 42.9 Å². The van der Waals surface area contributed by atoms with E-state index in [0.29, 0.717) is 11.4 Å². The molecule has 1 aromatic carbocycles. The molecule has 1 aliphatic rings. The van der Waals surface area contributed by atoms with Gasteiger partial charge in [0.25, 0.3) is 0 Å². The lowest BCUT2D eigenvalue weighted by Crippen LogP contribution is -2.06. The number of halogens is 1. The molecule has 0 heterocycles. The van der Waals surface area contributed by atoms with Crippen LogP contribution >= 0.6 is 11.6 Å². The summed E-state index contributed by atoms with van der Waals surface area (Å²) < 4.78 is 0. The lowest BCUT2D eigenvalue weighted by Gasteiger charge is -2.05. The van der Waals surface area contributed by atoms with E-state index in [2.05, 4.69) is 0 Å². The maximum Gasteiger partial charge on any atom is 0.191 e. The van der Waals surface area contributed by atoms with Crippen LogP contribution in [0.5, 0.6) is 0 Å². The second kappa shape index (κ2) is 3.70. The van der Waals surface area contributed by atoms with Crippen molar-refractivity contribution in [2.24, 2.45) is 0 Å². The zero-order valence-corrected chi connectivity index (χ0v) is 9.51. The van der Waals surface area contributed by atoms with Crippen molar-refractivity contribution >= 4 is 17.4 Å². The van der Waals surface area contributed by atoms with Crippen molar-refractivity contribution in [3.8, 4) is 0 Å². The Morgan fingerprint density at radius 1 is 1.40 bits per heavy atom. The van der Waals surface area contributed by atoms with Crippen molar-refractivity contribution in [3.05, 3.63) is 46.1 Å². The Balaban J connectivity index is 2.41. The molecule has 78 valence electrons. The van der Waals surface area contributed by atoms with Crippen LogP contribution in [0.3, 0.4) is 0 Å². The Kier molecular flexibility index (Phi) is 2.53. The van der Waals surface area contributed by atoms with E-state index in [-0.39, 0.29) is 5.78 Å². The van der Waals surface area contributed by atoms with Gasteiger partial charge in [0.1, 0.15) is 0 Å². The van der Waals surface area contributed by atoms with E-state index >= 15 is 0 Å². The first-order valence-electron chi connectivity index (χ1n) is 4.78. The lowest BCUT2D eigenvalue weighted by atomic mass is 10.1. The fourth-order valence-corrected chi connectivity index (χ4v) is 2.00. The zero-order chi connectivity index (χ0) is 11.0. The zero-order valence-electron chi connectivity index (χ0n) is 8.75. The largest absolute Gasteiger partial charge is 0.383 e. The van der Waals surface area contributed by atoms with E-state index in [4.69, 9.17) is 11.6 Å². The normalized spacial score (nSPS) is 17.0. The van der Waals surface area contributed by atoms with Gasteiger partial charge in [0.15, 0.2) is 5.78 Å². The molecule has 0 radical (unpaired) electrons. The maximum absolute atomic E-state index is 11.9. The lowest BCUT2D eigenvalue weighted by molar-refractivity contribution is 0.103. The van der Waals surface area contributed by atoms with Gasteiger partial charge in [-0.3, -0.25) is 4.79 Å². The predicted molar refractivity (Wildman–Crippen MR) is 61.3 cm³/mol. The molecular formula is C12H12ClNO. The minimum absolute atomic E-state index is 0.121. The Bertz CT molecular complexity index is 449. The van der Waals surface area contributed by atoms with Crippen LogP contribution in [0.15, 0.2) is 30.0 Å². The van der Waals surface area contributed by atoms with Crippen LogP contribution in [-0.4, -0.2) is 24.8 Å². The first-order chi connectivity index (χ1) is 7.08. The van der Waals surface area contributed by atoms with Crippen LogP contribution in [0.25, 0.3) is 0 Å². The monoisotopic (exact) mass is 221 g/mol. The highest BCUT2D eigenvalue weighted by Gasteiger charge is 2.24. The molecule has 0 spiro atoms. The summed E-state index contributed by atoms with van der Waals surface area (Å²) in [5.74, 6) is 0.121. The summed E-state index contributed by atoms with van der Waals surface area (Å²) in [4.78, 5) is 13.8. The topological polar surface area (TPSA) is 20.3 Å². The van der Waals surface area contributed by atoms with E-state index in [0.717, 1.165) is 16.7 Å². The summed E-state index contributed by atoms with van der Waals surface area (Å²) in [5.41, 5.74) is 2.64. The molecule has 0 unspecified atom stereocenters. The minimum atomic E-state index is 0.121. The van der Waals surface area contributed by atoms with Gasteiger partial charge in [-0.1, -0.05) is 11.6 Å². The molecule has 0 saturated heterocycles. The number of fused-ring (bicyclic) bond motifs is 1. The number of carbonyl (C=O) groups excluding carboxylic acids is 1. The summed E-state index contributed by atoms with van der Waals surface area (Å²) in [7, 11) is 3.83. The summed E-state index contributed by atoms with van der Waals surface area (Å²) in [6.07, 6.45) is 2.56. The van der Waals surface area contributed by atoms with Crippen LogP contribution in [0.2, 0.25) is 5.02 Å². The number of carbonyl (C=O) groups is 1. The Hall–Kier alpha value is -1.28. The van der Waals surface area contributed by atoms with Crippen LogP contribution in [-0.2, 0) is 6.42 Å². The van der Waals surface area contributed by atoms with Crippen molar-refractivity contribution in [3.63, 3.8) is 0 Å². The molecule has 2 rings (SSSR count). The van der Waals surface area contributed by atoms with Gasteiger partial charge in [-0.2, -0.15) is 0 Å². The Morgan fingerprint density at radius 3 is 2.80 bits per heavy atom. The number of hydrogen-bond donors (Lipinski definition) is 0. The molecule has 0 aliphatic heterocycles. The van der Waals surface area contributed by atoms with Gasteiger partial charge in [0.2, 0.25) is 0 Å². The molecule has 2 nitrogen and oxygen atoms in total. The molecule has 0 aromatic heterocycles. The number of ketones is 1. The van der Waals surface area contributed by atoms with E-state index in [1.165, 1.54) is 0 Å². The van der Waals surface area contributed by atoms with Gasteiger partial charge in [-0.15, -0.1) is 0 Å². The van der Waals surface area contributed by atoms with Gasteiger partial charge < -0.3 is 4.90 Å². The molecule has 1 aromatic rings. The van der Waals surface area contributed by atoms with Gasteiger partial charge in [-0.25, -0.2) is 0 Å². The predicted octanol–water partition coefficient (Wildman–Crippen LogP) is 2.52. The van der Waals surface area contributed by atoms with Crippen LogP contribution in [0.4, 0.5) is 0 Å². The van der Waals surface area contributed by atoms with Crippen LogP contribution in [0.1, 0.15) is 15.9 Å². The third kappa shape index (κ3) is 1.90. The van der Waals surface area contributed by atoms with Crippen molar-refractivity contribution in [1.29, 1.82) is 0 Å². The summed E-state index contributed by atoms with van der Waals surface area (Å²) in [6, 6.07) is 5.43. The average molecular weight is 222 g/mol. The van der Waals surface area contributed by atoms with Gasteiger partial charge >= 0.3 is 0 Å². The second-order valence-corrected chi connectivity index (χ2v) is 4.36. The average Bonchev–Trinajstić information content (AvgIpc) is 2.42. The highest BCUT2D eigenvalue weighted by molar-refractivity contribution is 6.31. The fraction of sp³-hybridized carbons (Fsp3) is 0.250. The van der Waals surface area contributed by atoms with Gasteiger partial charge in [-0.05, 0) is 23.8 Å². The number of rotatable bonds is 1. The van der Waals surface area contributed by atoms with E-state index < -0.39 is 0 Å². The van der Waals surface area contributed by atoms with Crippen LogP contribution < -0.4 is 0 Å². The molecule has 1 aliphatic carbocycles. The number of benzene rings is 1.